The number of hydrogen-bond donors (Lipinski definition) is 2. The monoisotopic (exact) mass is 450 g/mol. The molecule has 2 N–H and O–H groups in total. The lowest BCUT2D eigenvalue weighted by molar-refractivity contribution is -0.124. The van der Waals surface area contributed by atoms with E-state index in [0.29, 0.717) is 17.2 Å². The molecule has 0 saturated carbocycles. The SMILES string of the molecule is CCC[S+]([O-])NC(=O)C[C@@H](Cc1ccc(-c2cccc(Cl)c2)cc1)NOC(C)(C)C. The van der Waals surface area contributed by atoms with Crippen molar-refractivity contribution in [3.05, 3.63) is 59.1 Å². The predicted molar refractivity (Wildman–Crippen MR) is 124 cm³/mol. The zero-order valence-corrected chi connectivity index (χ0v) is 19.6. The summed E-state index contributed by atoms with van der Waals surface area (Å²) < 4.78 is 14.4. The molecule has 0 heterocycles. The van der Waals surface area contributed by atoms with Gasteiger partial charge < -0.3 is 4.55 Å². The largest absolute Gasteiger partial charge is 0.593 e. The van der Waals surface area contributed by atoms with Crippen molar-refractivity contribution >= 4 is 28.9 Å². The minimum absolute atomic E-state index is 0.168. The van der Waals surface area contributed by atoms with E-state index in [1.54, 1.807) is 0 Å². The summed E-state index contributed by atoms with van der Waals surface area (Å²) in [4.78, 5) is 18.0. The number of carbonyl (C=O) groups excluding carboxylic acids is 1. The minimum Gasteiger partial charge on any atom is -0.593 e. The highest BCUT2D eigenvalue weighted by Crippen LogP contribution is 2.23. The van der Waals surface area contributed by atoms with E-state index in [4.69, 9.17) is 16.4 Å². The molecule has 0 bridgehead atoms. The van der Waals surface area contributed by atoms with E-state index >= 15 is 0 Å². The van der Waals surface area contributed by atoms with E-state index in [2.05, 4.69) is 10.2 Å². The maximum atomic E-state index is 12.3. The lowest BCUT2D eigenvalue weighted by atomic mass is 9.99. The number of nitrogens with one attached hydrogen (secondary N) is 2. The zero-order valence-electron chi connectivity index (χ0n) is 18.0. The summed E-state index contributed by atoms with van der Waals surface area (Å²) in [5, 5.41) is 0.701. The second-order valence-electron chi connectivity index (χ2n) is 8.22. The van der Waals surface area contributed by atoms with Gasteiger partial charge in [0.05, 0.1) is 17.0 Å². The molecule has 0 aromatic heterocycles. The first kappa shape index (κ1) is 24.7. The maximum Gasteiger partial charge on any atom is 0.262 e. The van der Waals surface area contributed by atoms with Gasteiger partial charge in [0.15, 0.2) is 0 Å². The molecular formula is C23H31ClN2O3S. The first-order chi connectivity index (χ1) is 14.2. The van der Waals surface area contributed by atoms with Crippen LogP contribution in [0, 0.1) is 0 Å². The number of benzene rings is 2. The van der Waals surface area contributed by atoms with Gasteiger partial charge in [0, 0.05) is 17.5 Å². The number of amides is 1. The van der Waals surface area contributed by atoms with E-state index in [1.165, 1.54) is 0 Å². The fourth-order valence-electron chi connectivity index (χ4n) is 2.83. The van der Waals surface area contributed by atoms with Crippen LogP contribution in [0.5, 0.6) is 0 Å². The number of rotatable bonds is 10. The van der Waals surface area contributed by atoms with Crippen LogP contribution in [0.2, 0.25) is 5.02 Å². The van der Waals surface area contributed by atoms with E-state index < -0.39 is 17.0 Å². The van der Waals surface area contributed by atoms with Crippen molar-refractivity contribution in [3.63, 3.8) is 0 Å². The Bertz CT molecular complexity index is 809. The Hall–Kier alpha value is -1.57. The van der Waals surface area contributed by atoms with Crippen molar-refractivity contribution in [2.24, 2.45) is 0 Å². The van der Waals surface area contributed by atoms with Crippen LogP contribution in [0.4, 0.5) is 0 Å². The molecule has 0 radical (unpaired) electrons. The highest BCUT2D eigenvalue weighted by molar-refractivity contribution is 7.90. The first-order valence-corrected chi connectivity index (χ1v) is 11.8. The summed E-state index contributed by atoms with van der Waals surface area (Å²) in [7, 11) is 0. The van der Waals surface area contributed by atoms with Crippen LogP contribution >= 0.6 is 11.6 Å². The Balaban J connectivity index is 2.05. The molecule has 30 heavy (non-hydrogen) atoms. The average molecular weight is 451 g/mol. The third-order valence-electron chi connectivity index (χ3n) is 4.17. The first-order valence-electron chi connectivity index (χ1n) is 10.1. The number of carbonyl (C=O) groups is 1. The average Bonchev–Trinajstić information content (AvgIpc) is 2.66. The molecule has 0 aliphatic heterocycles. The van der Waals surface area contributed by atoms with Gasteiger partial charge in [-0.05, 0) is 62.4 Å². The molecule has 0 saturated heterocycles. The molecule has 0 spiro atoms. The molecule has 0 fully saturated rings. The topological polar surface area (TPSA) is 73.4 Å². The maximum absolute atomic E-state index is 12.3. The summed E-state index contributed by atoms with van der Waals surface area (Å²) in [6, 6.07) is 15.6. The molecule has 0 aliphatic carbocycles. The Morgan fingerprint density at radius 3 is 2.47 bits per heavy atom. The van der Waals surface area contributed by atoms with E-state index in [0.717, 1.165) is 23.1 Å². The lowest BCUT2D eigenvalue weighted by Crippen LogP contribution is -2.42. The number of hydrogen-bond acceptors (Lipinski definition) is 4. The Labute approximate surface area is 187 Å². The summed E-state index contributed by atoms with van der Waals surface area (Å²) in [6.45, 7) is 7.74. The van der Waals surface area contributed by atoms with Crippen molar-refractivity contribution in [2.45, 2.75) is 58.6 Å². The standard InChI is InChI=1S/C23H31ClN2O3S/c1-5-13-30(28)26-22(27)16-21(25-29-23(2,3)4)14-17-9-11-18(12-10-17)19-7-6-8-20(24)15-19/h6-12,15,21,25H,5,13-14,16H2,1-4H3,(H,26,27)/t21-,30?/m1/s1. The summed E-state index contributed by atoms with van der Waals surface area (Å²) >= 11 is 4.75. The van der Waals surface area contributed by atoms with Crippen LogP contribution < -0.4 is 10.2 Å². The molecule has 1 amide bonds. The van der Waals surface area contributed by atoms with Gasteiger partial charge in [0.25, 0.3) is 5.91 Å². The Kier molecular flexibility index (Phi) is 9.65. The Morgan fingerprint density at radius 1 is 1.17 bits per heavy atom. The third kappa shape index (κ3) is 9.06. The highest BCUT2D eigenvalue weighted by Gasteiger charge is 2.21. The van der Waals surface area contributed by atoms with Gasteiger partial charge in [-0.2, -0.15) is 10.2 Å². The lowest BCUT2D eigenvalue weighted by Gasteiger charge is -2.25. The van der Waals surface area contributed by atoms with Crippen LogP contribution in [-0.4, -0.2) is 27.9 Å². The summed E-state index contributed by atoms with van der Waals surface area (Å²) in [6.07, 6.45) is 1.52. The van der Waals surface area contributed by atoms with Gasteiger partial charge in [0.2, 0.25) is 0 Å². The fourth-order valence-corrected chi connectivity index (χ4v) is 3.83. The van der Waals surface area contributed by atoms with Crippen molar-refractivity contribution in [2.75, 3.05) is 5.75 Å². The summed E-state index contributed by atoms with van der Waals surface area (Å²) in [5.41, 5.74) is 5.82. The zero-order chi connectivity index (χ0) is 22.1. The number of hydroxylamine groups is 1. The smallest absolute Gasteiger partial charge is 0.262 e. The van der Waals surface area contributed by atoms with Crippen molar-refractivity contribution in [1.29, 1.82) is 0 Å². The van der Waals surface area contributed by atoms with Crippen LogP contribution in [0.1, 0.15) is 46.1 Å². The number of halogens is 1. The quantitative estimate of drug-likeness (QED) is 0.402. The molecule has 0 aliphatic rings. The van der Waals surface area contributed by atoms with Crippen molar-refractivity contribution in [3.8, 4) is 11.1 Å². The normalized spacial score (nSPS) is 13.7. The fraction of sp³-hybridized carbons (Fsp3) is 0.435. The van der Waals surface area contributed by atoms with E-state index in [-0.39, 0.29) is 18.4 Å². The van der Waals surface area contributed by atoms with E-state index in [9.17, 15) is 9.35 Å². The van der Waals surface area contributed by atoms with E-state index in [1.807, 2.05) is 76.2 Å². The highest BCUT2D eigenvalue weighted by atomic mass is 35.5. The minimum atomic E-state index is -1.34. The molecule has 2 rings (SSSR count). The summed E-state index contributed by atoms with van der Waals surface area (Å²) in [5.74, 6) is 0.195. The molecule has 164 valence electrons. The molecular weight excluding hydrogens is 420 g/mol. The molecule has 7 heteroatoms. The van der Waals surface area contributed by atoms with Gasteiger partial charge in [-0.15, -0.1) is 0 Å². The second-order valence-corrected chi connectivity index (χ2v) is 9.96. The van der Waals surface area contributed by atoms with Crippen LogP contribution in [-0.2, 0) is 27.4 Å². The van der Waals surface area contributed by atoms with Gasteiger partial charge in [-0.25, -0.2) is 0 Å². The van der Waals surface area contributed by atoms with Crippen LogP contribution in [0.15, 0.2) is 48.5 Å². The third-order valence-corrected chi connectivity index (χ3v) is 5.64. The van der Waals surface area contributed by atoms with Crippen molar-refractivity contribution < 1.29 is 14.2 Å². The van der Waals surface area contributed by atoms with Crippen molar-refractivity contribution in [1.82, 2.24) is 10.2 Å². The molecule has 2 aromatic rings. The van der Waals surface area contributed by atoms with Gasteiger partial charge in [0.1, 0.15) is 5.75 Å². The van der Waals surface area contributed by atoms with Crippen LogP contribution in [0.25, 0.3) is 11.1 Å². The molecule has 1 unspecified atom stereocenters. The van der Waals surface area contributed by atoms with Gasteiger partial charge in [-0.1, -0.05) is 54.9 Å². The predicted octanol–water partition coefficient (Wildman–Crippen LogP) is 4.82. The van der Waals surface area contributed by atoms with Gasteiger partial charge >= 0.3 is 0 Å². The second kappa shape index (κ2) is 11.7. The molecule has 5 nitrogen and oxygen atoms in total. The molecule has 2 aromatic carbocycles. The Morgan fingerprint density at radius 2 is 1.87 bits per heavy atom. The van der Waals surface area contributed by atoms with Crippen LogP contribution in [0.3, 0.4) is 0 Å². The van der Waals surface area contributed by atoms with Gasteiger partial charge in [-0.3, -0.25) is 9.63 Å². The molecule has 2 atom stereocenters.